The fraction of sp³-hybridized carbons (Fsp3) is 0.500. The van der Waals surface area contributed by atoms with Crippen LogP contribution in [0.2, 0.25) is 0 Å². The lowest BCUT2D eigenvalue weighted by atomic mass is 9.97. The van der Waals surface area contributed by atoms with Crippen LogP contribution in [0.3, 0.4) is 0 Å². The molecule has 1 fully saturated rings. The summed E-state index contributed by atoms with van der Waals surface area (Å²) in [5, 5.41) is 0. The van der Waals surface area contributed by atoms with Crippen LogP contribution in [0.4, 0.5) is 11.6 Å². The molecule has 1 aliphatic rings. The van der Waals surface area contributed by atoms with E-state index in [4.69, 9.17) is 4.98 Å². The molecule has 3 heterocycles. The quantitative estimate of drug-likeness (QED) is 0.849. The molecular formula is C18H25N5. The highest BCUT2D eigenvalue weighted by Gasteiger charge is 2.23. The molecule has 0 aliphatic carbocycles. The van der Waals surface area contributed by atoms with E-state index in [1.54, 1.807) is 6.33 Å². The summed E-state index contributed by atoms with van der Waals surface area (Å²) in [4.78, 5) is 17.7. The first-order valence-corrected chi connectivity index (χ1v) is 8.40. The summed E-state index contributed by atoms with van der Waals surface area (Å²) in [6.07, 6.45) is 9.38. The van der Waals surface area contributed by atoms with E-state index >= 15 is 0 Å². The molecule has 0 N–H and O–H groups in total. The summed E-state index contributed by atoms with van der Waals surface area (Å²) in [7, 11) is 4.06. The number of hydrogen-bond donors (Lipinski definition) is 0. The first-order chi connectivity index (χ1) is 11.2. The van der Waals surface area contributed by atoms with E-state index in [1.807, 2.05) is 26.4 Å². The molecule has 0 amide bonds. The highest BCUT2D eigenvalue weighted by atomic mass is 15.2. The predicted octanol–water partition coefficient (Wildman–Crippen LogP) is 2.93. The first-order valence-electron chi connectivity index (χ1n) is 8.40. The molecule has 0 aromatic carbocycles. The van der Waals surface area contributed by atoms with Gasteiger partial charge in [-0.15, -0.1) is 0 Å². The smallest absolute Gasteiger partial charge is 0.132 e. The maximum atomic E-state index is 4.74. The zero-order valence-corrected chi connectivity index (χ0v) is 14.0. The van der Waals surface area contributed by atoms with Crippen LogP contribution in [-0.4, -0.2) is 41.6 Å². The summed E-state index contributed by atoms with van der Waals surface area (Å²) in [5.74, 6) is 2.08. The minimum atomic E-state index is 0.545. The Bertz CT molecular complexity index is 614. The monoisotopic (exact) mass is 311 g/mol. The largest absolute Gasteiger partial charge is 0.363 e. The summed E-state index contributed by atoms with van der Waals surface area (Å²) >= 11 is 0. The second kappa shape index (κ2) is 7.40. The van der Waals surface area contributed by atoms with Gasteiger partial charge in [-0.2, -0.15) is 0 Å². The molecule has 23 heavy (non-hydrogen) atoms. The van der Waals surface area contributed by atoms with Crippen molar-refractivity contribution in [1.82, 2.24) is 15.0 Å². The second-order valence-corrected chi connectivity index (χ2v) is 6.33. The van der Waals surface area contributed by atoms with Crippen LogP contribution < -0.4 is 9.80 Å². The van der Waals surface area contributed by atoms with Crippen LogP contribution in [-0.2, 0) is 6.42 Å². The molecule has 0 saturated carbocycles. The van der Waals surface area contributed by atoms with Gasteiger partial charge in [0, 0.05) is 38.6 Å². The molecule has 5 heteroatoms. The van der Waals surface area contributed by atoms with Gasteiger partial charge in [0.2, 0.25) is 0 Å². The Labute approximate surface area is 138 Å². The number of aromatic nitrogens is 3. The van der Waals surface area contributed by atoms with Crippen molar-refractivity contribution in [2.45, 2.75) is 38.1 Å². The van der Waals surface area contributed by atoms with Crippen molar-refractivity contribution in [2.75, 3.05) is 30.4 Å². The Hall–Kier alpha value is -2.17. The average Bonchev–Trinajstić information content (AvgIpc) is 2.61. The van der Waals surface area contributed by atoms with E-state index in [1.165, 1.54) is 25.0 Å². The van der Waals surface area contributed by atoms with E-state index in [-0.39, 0.29) is 0 Å². The van der Waals surface area contributed by atoms with Crippen LogP contribution in [0, 0.1) is 0 Å². The van der Waals surface area contributed by atoms with Gasteiger partial charge in [0.05, 0.1) is 0 Å². The molecule has 0 bridgehead atoms. The third-order valence-corrected chi connectivity index (χ3v) is 4.47. The van der Waals surface area contributed by atoms with Gasteiger partial charge in [-0.1, -0.05) is 6.07 Å². The third kappa shape index (κ3) is 3.97. The molecule has 5 nitrogen and oxygen atoms in total. The molecule has 1 unspecified atom stereocenters. The SMILES string of the molecule is CN(C)c1cccc(CCC2CCCCN2c2ccncn2)n1. The van der Waals surface area contributed by atoms with Crippen molar-refractivity contribution < 1.29 is 0 Å². The maximum absolute atomic E-state index is 4.74. The third-order valence-electron chi connectivity index (χ3n) is 4.47. The van der Waals surface area contributed by atoms with Crippen molar-refractivity contribution in [2.24, 2.45) is 0 Å². The predicted molar refractivity (Wildman–Crippen MR) is 93.9 cm³/mol. The first kappa shape index (κ1) is 15.7. The normalized spacial score (nSPS) is 18.0. The van der Waals surface area contributed by atoms with E-state index in [0.29, 0.717) is 6.04 Å². The zero-order valence-electron chi connectivity index (χ0n) is 14.0. The van der Waals surface area contributed by atoms with Gasteiger partial charge < -0.3 is 9.80 Å². The van der Waals surface area contributed by atoms with Crippen LogP contribution in [0.15, 0.2) is 36.8 Å². The summed E-state index contributed by atoms with van der Waals surface area (Å²) < 4.78 is 0. The number of nitrogens with zero attached hydrogens (tertiary/aromatic N) is 5. The van der Waals surface area contributed by atoms with E-state index in [2.05, 4.69) is 38.0 Å². The van der Waals surface area contributed by atoms with Gasteiger partial charge in [-0.25, -0.2) is 15.0 Å². The molecule has 122 valence electrons. The van der Waals surface area contributed by atoms with Gasteiger partial charge in [0.1, 0.15) is 18.0 Å². The van der Waals surface area contributed by atoms with E-state index in [9.17, 15) is 0 Å². The van der Waals surface area contributed by atoms with E-state index in [0.717, 1.165) is 31.0 Å². The van der Waals surface area contributed by atoms with Gasteiger partial charge in [-0.3, -0.25) is 0 Å². The molecule has 1 atom stereocenters. The van der Waals surface area contributed by atoms with Crippen molar-refractivity contribution in [3.05, 3.63) is 42.5 Å². The molecule has 0 radical (unpaired) electrons. The molecule has 2 aromatic heterocycles. The lowest BCUT2D eigenvalue weighted by Crippen LogP contribution is -2.40. The Morgan fingerprint density at radius 1 is 1.22 bits per heavy atom. The number of rotatable bonds is 5. The lowest BCUT2D eigenvalue weighted by molar-refractivity contribution is 0.433. The molecule has 0 spiro atoms. The Balaban J connectivity index is 1.67. The molecular weight excluding hydrogens is 286 g/mol. The molecule has 2 aromatic rings. The fourth-order valence-corrected chi connectivity index (χ4v) is 3.23. The number of pyridine rings is 1. The number of hydrogen-bond acceptors (Lipinski definition) is 5. The minimum absolute atomic E-state index is 0.545. The standard InChI is InChI=1S/C18H25N5/c1-22(2)18-8-5-6-15(21-18)9-10-16-7-3-4-13-23(16)17-11-12-19-14-20-17/h5-6,8,11-12,14,16H,3-4,7,9-10,13H2,1-2H3. The van der Waals surface area contributed by atoms with Gasteiger partial charge in [0.25, 0.3) is 0 Å². The summed E-state index contributed by atoms with van der Waals surface area (Å²) in [6.45, 7) is 1.09. The van der Waals surface area contributed by atoms with Crippen LogP contribution in [0.25, 0.3) is 0 Å². The number of piperidine rings is 1. The van der Waals surface area contributed by atoms with Gasteiger partial charge in [0.15, 0.2) is 0 Å². The Kier molecular flexibility index (Phi) is 5.05. The van der Waals surface area contributed by atoms with Crippen molar-refractivity contribution in [3.63, 3.8) is 0 Å². The number of anilines is 2. The molecule has 1 saturated heterocycles. The summed E-state index contributed by atoms with van der Waals surface area (Å²) in [5.41, 5.74) is 1.17. The zero-order chi connectivity index (χ0) is 16.1. The van der Waals surface area contributed by atoms with Gasteiger partial charge >= 0.3 is 0 Å². The van der Waals surface area contributed by atoms with Crippen molar-refractivity contribution >= 4 is 11.6 Å². The van der Waals surface area contributed by atoms with Crippen LogP contribution in [0.1, 0.15) is 31.4 Å². The fourth-order valence-electron chi connectivity index (χ4n) is 3.23. The van der Waals surface area contributed by atoms with Gasteiger partial charge in [-0.05, 0) is 50.3 Å². The van der Waals surface area contributed by atoms with E-state index < -0.39 is 0 Å². The summed E-state index contributed by atoms with van der Waals surface area (Å²) in [6, 6.07) is 8.84. The Morgan fingerprint density at radius 3 is 2.91 bits per heavy atom. The molecule has 3 rings (SSSR count). The maximum Gasteiger partial charge on any atom is 0.132 e. The topological polar surface area (TPSA) is 45.2 Å². The second-order valence-electron chi connectivity index (χ2n) is 6.33. The average molecular weight is 311 g/mol. The highest BCUT2D eigenvalue weighted by molar-refractivity contribution is 5.39. The molecule has 1 aliphatic heterocycles. The Morgan fingerprint density at radius 2 is 2.13 bits per heavy atom. The van der Waals surface area contributed by atoms with Crippen molar-refractivity contribution in [3.8, 4) is 0 Å². The van der Waals surface area contributed by atoms with Crippen molar-refractivity contribution in [1.29, 1.82) is 0 Å². The number of aryl methyl sites for hydroxylation is 1. The van der Waals surface area contributed by atoms with Crippen LogP contribution >= 0.6 is 0 Å². The lowest BCUT2D eigenvalue weighted by Gasteiger charge is -2.36. The van der Waals surface area contributed by atoms with Crippen LogP contribution in [0.5, 0.6) is 0 Å². The minimum Gasteiger partial charge on any atom is -0.363 e. The highest BCUT2D eigenvalue weighted by Crippen LogP contribution is 2.25.